The molecule has 0 aliphatic rings. The minimum atomic E-state index is 0. The second-order valence-corrected chi connectivity index (χ2v) is 4.00. The van der Waals surface area contributed by atoms with Crippen LogP contribution in [-0.4, -0.2) is 14.9 Å². The van der Waals surface area contributed by atoms with Crippen molar-refractivity contribution in [3.63, 3.8) is 0 Å². The van der Waals surface area contributed by atoms with Crippen molar-refractivity contribution in [3.8, 4) is 5.75 Å². The van der Waals surface area contributed by atoms with Crippen LogP contribution in [0.1, 0.15) is 18.1 Å². The summed E-state index contributed by atoms with van der Waals surface area (Å²) in [5.74, 6) is 1.18. The number of halogens is 1. The number of aryl methyl sites for hydroxylation is 2. The van der Waals surface area contributed by atoms with Gasteiger partial charge in [-0.3, -0.25) is 4.68 Å². The Balaban J connectivity index is 0.00000162. The third kappa shape index (κ3) is 3.17. The molecule has 2 aromatic rings. The van der Waals surface area contributed by atoms with E-state index in [4.69, 9.17) is 0 Å². The van der Waals surface area contributed by atoms with Crippen LogP contribution in [0, 0.1) is 6.92 Å². The number of phenolic OH excluding ortho intramolecular Hbond substituents is 1. The van der Waals surface area contributed by atoms with Crippen LogP contribution in [0.25, 0.3) is 0 Å². The van der Waals surface area contributed by atoms with Crippen LogP contribution in [0.3, 0.4) is 0 Å². The molecule has 98 valence electrons. The topological polar surface area (TPSA) is 50.1 Å². The minimum absolute atomic E-state index is 0. The SMILES string of the molecule is CCn1cc(C)c(NCc2ccccc2O)n1.Cl. The summed E-state index contributed by atoms with van der Waals surface area (Å²) in [6.45, 7) is 5.51. The van der Waals surface area contributed by atoms with Crippen molar-refractivity contribution in [3.05, 3.63) is 41.6 Å². The molecular formula is C13H18ClN3O. The molecule has 0 spiro atoms. The highest BCUT2D eigenvalue weighted by atomic mass is 35.5. The molecule has 0 aliphatic carbocycles. The predicted molar refractivity (Wildman–Crippen MR) is 75.3 cm³/mol. The highest BCUT2D eigenvalue weighted by Crippen LogP contribution is 2.18. The molecule has 0 radical (unpaired) electrons. The molecule has 18 heavy (non-hydrogen) atoms. The Labute approximate surface area is 113 Å². The van der Waals surface area contributed by atoms with E-state index < -0.39 is 0 Å². The lowest BCUT2D eigenvalue weighted by Gasteiger charge is -2.06. The number of hydrogen-bond donors (Lipinski definition) is 2. The molecule has 0 atom stereocenters. The fourth-order valence-corrected chi connectivity index (χ4v) is 1.70. The monoisotopic (exact) mass is 267 g/mol. The molecule has 4 nitrogen and oxygen atoms in total. The van der Waals surface area contributed by atoms with Crippen LogP contribution in [0.4, 0.5) is 5.82 Å². The first-order chi connectivity index (χ1) is 8.20. The van der Waals surface area contributed by atoms with Crippen LogP contribution in [-0.2, 0) is 13.1 Å². The molecule has 1 aromatic heterocycles. The maximum absolute atomic E-state index is 9.64. The zero-order valence-electron chi connectivity index (χ0n) is 10.6. The number of aromatic hydroxyl groups is 1. The van der Waals surface area contributed by atoms with Crippen molar-refractivity contribution in [2.24, 2.45) is 0 Å². The van der Waals surface area contributed by atoms with E-state index in [-0.39, 0.29) is 12.4 Å². The van der Waals surface area contributed by atoms with Gasteiger partial charge in [-0.15, -0.1) is 12.4 Å². The van der Waals surface area contributed by atoms with Gasteiger partial charge in [-0.1, -0.05) is 18.2 Å². The smallest absolute Gasteiger partial charge is 0.151 e. The molecule has 0 saturated heterocycles. The number of aromatic nitrogens is 2. The summed E-state index contributed by atoms with van der Waals surface area (Å²) in [7, 11) is 0. The molecule has 0 amide bonds. The lowest BCUT2D eigenvalue weighted by atomic mass is 10.2. The van der Waals surface area contributed by atoms with Crippen molar-refractivity contribution < 1.29 is 5.11 Å². The van der Waals surface area contributed by atoms with E-state index in [1.54, 1.807) is 6.07 Å². The molecule has 2 rings (SSSR count). The molecular weight excluding hydrogens is 250 g/mol. The van der Waals surface area contributed by atoms with Gasteiger partial charge in [0.25, 0.3) is 0 Å². The third-order valence-electron chi connectivity index (χ3n) is 2.71. The summed E-state index contributed by atoms with van der Waals surface area (Å²) in [6.07, 6.45) is 2.01. The second kappa shape index (κ2) is 6.31. The summed E-state index contributed by atoms with van der Waals surface area (Å²) in [5.41, 5.74) is 1.99. The van der Waals surface area contributed by atoms with Crippen LogP contribution in [0.5, 0.6) is 5.75 Å². The minimum Gasteiger partial charge on any atom is -0.508 e. The lowest BCUT2D eigenvalue weighted by molar-refractivity contribution is 0.469. The molecule has 0 saturated carbocycles. The van der Waals surface area contributed by atoms with Gasteiger partial charge in [0.2, 0.25) is 0 Å². The fourth-order valence-electron chi connectivity index (χ4n) is 1.70. The molecule has 2 N–H and O–H groups in total. The Bertz CT molecular complexity index is 511. The average Bonchev–Trinajstić information content (AvgIpc) is 2.69. The van der Waals surface area contributed by atoms with Gasteiger partial charge in [-0.05, 0) is 19.9 Å². The van der Waals surface area contributed by atoms with E-state index in [0.29, 0.717) is 12.3 Å². The Morgan fingerprint density at radius 3 is 2.67 bits per heavy atom. The predicted octanol–water partition coefficient (Wildman–Crippen LogP) is 2.95. The van der Waals surface area contributed by atoms with Crippen LogP contribution in [0.2, 0.25) is 0 Å². The molecule has 0 aliphatic heterocycles. The van der Waals surface area contributed by atoms with Crippen LogP contribution in [0.15, 0.2) is 30.5 Å². The largest absolute Gasteiger partial charge is 0.508 e. The number of nitrogens with one attached hydrogen (secondary N) is 1. The fraction of sp³-hybridized carbons (Fsp3) is 0.308. The number of rotatable bonds is 4. The molecule has 5 heteroatoms. The Kier molecular flexibility index (Phi) is 5.04. The number of phenols is 1. The maximum Gasteiger partial charge on any atom is 0.151 e. The molecule has 0 fully saturated rings. The Morgan fingerprint density at radius 1 is 1.33 bits per heavy atom. The van der Waals surface area contributed by atoms with Gasteiger partial charge in [-0.25, -0.2) is 0 Å². The van der Waals surface area contributed by atoms with E-state index in [1.807, 2.05) is 36.0 Å². The van der Waals surface area contributed by atoms with Gasteiger partial charge in [0.05, 0.1) is 0 Å². The van der Waals surface area contributed by atoms with Crippen molar-refractivity contribution in [2.45, 2.75) is 26.9 Å². The number of hydrogen-bond acceptors (Lipinski definition) is 3. The molecule has 0 bridgehead atoms. The van der Waals surface area contributed by atoms with Gasteiger partial charge in [-0.2, -0.15) is 5.10 Å². The van der Waals surface area contributed by atoms with Gasteiger partial charge >= 0.3 is 0 Å². The molecule has 1 heterocycles. The van der Waals surface area contributed by atoms with Crippen molar-refractivity contribution in [1.29, 1.82) is 0 Å². The van der Waals surface area contributed by atoms with E-state index in [1.165, 1.54) is 0 Å². The van der Waals surface area contributed by atoms with Gasteiger partial charge in [0.15, 0.2) is 5.82 Å². The molecule has 1 aromatic carbocycles. The highest BCUT2D eigenvalue weighted by Gasteiger charge is 2.05. The number of nitrogens with zero attached hydrogens (tertiary/aromatic N) is 2. The van der Waals surface area contributed by atoms with Gasteiger partial charge in [0.1, 0.15) is 5.75 Å². The normalized spacial score (nSPS) is 9.89. The lowest BCUT2D eigenvalue weighted by Crippen LogP contribution is -2.02. The number of para-hydroxylation sites is 1. The Hall–Kier alpha value is -1.68. The first kappa shape index (κ1) is 14.4. The van der Waals surface area contributed by atoms with E-state index in [0.717, 1.165) is 23.5 Å². The standard InChI is InChI=1S/C13H17N3O.ClH/c1-3-16-9-10(2)13(15-16)14-8-11-6-4-5-7-12(11)17;/h4-7,9,17H,3,8H2,1-2H3,(H,14,15);1H. The summed E-state index contributed by atoms with van der Waals surface area (Å²) < 4.78 is 1.89. The molecule has 0 unspecified atom stereocenters. The van der Waals surface area contributed by atoms with E-state index >= 15 is 0 Å². The number of anilines is 1. The first-order valence-corrected chi connectivity index (χ1v) is 5.75. The third-order valence-corrected chi connectivity index (χ3v) is 2.71. The zero-order chi connectivity index (χ0) is 12.3. The van der Waals surface area contributed by atoms with Crippen LogP contribution < -0.4 is 5.32 Å². The van der Waals surface area contributed by atoms with E-state index in [2.05, 4.69) is 17.3 Å². The average molecular weight is 268 g/mol. The maximum atomic E-state index is 9.64. The second-order valence-electron chi connectivity index (χ2n) is 4.00. The van der Waals surface area contributed by atoms with Crippen molar-refractivity contribution in [2.75, 3.05) is 5.32 Å². The van der Waals surface area contributed by atoms with Gasteiger partial charge in [0, 0.05) is 30.4 Å². The summed E-state index contributed by atoms with van der Waals surface area (Å²) in [4.78, 5) is 0. The number of benzene rings is 1. The van der Waals surface area contributed by atoms with E-state index in [9.17, 15) is 5.11 Å². The summed E-state index contributed by atoms with van der Waals surface area (Å²) >= 11 is 0. The highest BCUT2D eigenvalue weighted by molar-refractivity contribution is 5.85. The van der Waals surface area contributed by atoms with Crippen LogP contribution >= 0.6 is 12.4 Å². The zero-order valence-corrected chi connectivity index (χ0v) is 11.4. The Morgan fingerprint density at radius 2 is 2.06 bits per heavy atom. The summed E-state index contributed by atoms with van der Waals surface area (Å²) in [6, 6.07) is 7.31. The quantitative estimate of drug-likeness (QED) is 0.895. The van der Waals surface area contributed by atoms with Crippen molar-refractivity contribution in [1.82, 2.24) is 9.78 Å². The van der Waals surface area contributed by atoms with Gasteiger partial charge < -0.3 is 10.4 Å². The van der Waals surface area contributed by atoms with Crippen molar-refractivity contribution >= 4 is 18.2 Å². The summed E-state index contributed by atoms with van der Waals surface area (Å²) in [5, 5.41) is 17.3. The first-order valence-electron chi connectivity index (χ1n) is 5.75.